The van der Waals surface area contributed by atoms with E-state index in [0.717, 1.165) is 5.69 Å². The minimum atomic E-state index is -0.412. The van der Waals surface area contributed by atoms with E-state index >= 15 is 0 Å². The van der Waals surface area contributed by atoms with Gasteiger partial charge < -0.3 is 5.32 Å². The van der Waals surface area contributed by atoms with E-state index in [1.807, 2.05) is 13.0 Å². The van der Waals surface area contributed by atoms with Gasteiger partial charge in [0.05, 0.1) is 15.9 Å². The van der Waals surface area contributed by atoms with Crippen LogP contribution in [0.1, 0.15) is 32.1 Å². The van der Waals surface area contributed by atoms with Crippen LogP contribution in [0, 0.1) is 6.92 Å². The maximum Gasteiger partial charge on any atom is 0.277 e. The highest BCUT2D eigenvalue weighted by molar-refractivity contribution is 9.10. The molecule has 0 fully saturated rings. The average molecular weight is 433 g/mol. The number of anilines is 1. The van der Waals surface area contributed by atoms with Gasteiger partial charge in [0, 0.05) is 23.2 Å². The zero-order valence-electron chi connectivity index (χ0n) is 14.1. The Hall–Kier alpha value is -2.44. The molecule has 0 atom stereocenters. The number of benzene rings is 2. The first-order chi connectivity index (χ1) is 12.4. The van der Waals surface area contributed by atoms with E-state index in [2.05, 4.69) is 26.3 Å². The lowest BCUT2D eigenvalue weighted by molar-refractivity contribution is 0.102. The Balaban J connectivity index is 1.97. The molecule has 2 aromatic carbocycles. The number of carbonyl (C=O) groups is 2. The Bertz CT molecular complexity index is 1000. The van der Waals surface area contributed by atoms with Gasteiger partial charge in [0.2, 0.25) is 0 Å². The van der Waals surface area contributed by atoms with Gasteiger partial charge in [-0.1, -0.05) is 41.9 Å². The van der Waals surface area contributed by atoms with Gasteiger partial charge in [-0.05, 0) is 41.1 Å². The molecule has 0 spiro atoms. The predicted octanol–water partition coefficient (Wildman–Crippen LogP) is 4.63. The Kier molecular flexibility index (Phi) is 5.25. The summed E-state index contributed by atoms with van der Waals surface area (Å²) in [6.07, 6.45) is 0. The van der Waals surface area contributed by atoms with Gasteiger partial charge in [0.1, 0.15) is 0 Å². The van der Waals surface area contributed by atoms with Gasteiger partial charge in [-0.25, -0.2) is 0 Å². The molecule has 1 N–H and O–H groups in total. The van der Waals surface area contributed by atoms with Crippen molar-refractivity contribution < 1.29 is 9.59 Å². The second-order valence-electron chi connectivity index (χ2n) is 5.71. The van der Waals surface area contributed by atoms with Crippen LogP contribution in [-0.2, 0) is 7.05 Å². The second kappa shape index (κ2) is 7.43. The third-order valence-corrected chi connectivity index (χ3v) is 5.17. The zero-order chi connectivity index (χ0) is 18.8. The summed E-state index contributed by atoms with van der Waals surface area (Å²) in [7, 11) is 1.75. The van der Waals surface area contributed by atoms with Crippen LogP contribution in [0.2, 0.25) is 5.02 Å². The van der Waals surface area contributed by atoms with Gasteiger partial charge in [0.15, 0.2) is 11.5 Å². The van der Waals surface area contributed by atoms with Crippen molar-refractivity contribution in [3.8, 4) is 0 Å². The molecular weight excluding hydrogens is 418 g/mol. The van der Waals surface area contributed by atoms with Gasteiger partial charge in [-0.15, -0.1) is 0 Å². The van der Waals surface area contributed by atoms with Crippen LogP contribution in [0.25, 0.3) is 0 Å². The molecule has 1 aromatic heterocycles. The van der Waals surface area contributed by atoms with E-state index in [1.165, 1.54) is 0 Å². The van der Waals surface area contributed by atoms with E-state index in [4.69, 9.17) is 11.6 Å². The Labute approximate surface area is 164 Å². The molecule has 132 valence electrons. The van der Waals surface area contributed by atoms with Crippen LogP contribution in [-0.4, -0.2) is 21.5 Å². The predicted molar refractivity (Wildman–Crippen MR) is 105 cm³/mol. The Morgan fingerprint density at radius 1 is 1.15 bits per heavy atom. The molecule has 3 rings (SSSR count). The highest BCUT2D eigenvalue weighted by atomic mass is 79.9. The SMILES string of the molecule is Cc1c(Br)c(C(=O)Nc2ccc(Cl)cc2C(=O)c2ccccc2)nn1C. The lowest BCUT2D eigenvalue weighted by atomic mass is 10.0. The molecule has 0 aliphatic carbocycles. The molecule has 7 heteroatoms. The number of hydrogen-bond acceptors (Lipinski definition) is 3. The molecule has 3 aromatic rings. The van der Waals surface area contributed by atoms with Gasteiger partial charge >= 0.3 is 0 Å². The summed E-state index contributed by atoms with van der Waals surface area (Å²) in [4.78, 5) is 25.5. The third-order valence-electron chi connectivity index (χ3n) is 3.99. The molecule has 0 saturated heterocycles. The number of carbonyl (C=O) groups excluding carboxylic acids is 2. The largest absolute Gasteiger partial charge is 0.320 e. The molecular formula is C19H15BrClN3O2. The average Bonchev–Trinajstić information content (AvgIpc) is 2.90. The highest BCUT2D eigenvalue weighted by Crippen LogP contribution is 2.26. The summed E-state index contributed by atoms with van der Waals surface area (Å²) in [5.41, 5.74) is 2.29. The fraction of sp³-hybridized carbons (Fsp3) is 0.105. The fourth-order valence-corrected chi connectivity index (χ4v) is 3.16. The van der Waals surface area contributed by atoms with Crippen molar-refractivity contribution in [1.82, 2.24) is 9.78 Å². The first-order valence-electron chi connectivity index (χ1n) is 7.78. The van der Waals surface area contributed by atoms with Gasteiger partial charge in [0.25, 0.3) is 5.91 Å². The maximum absolute atomic E-state index is 12.8. The number of aromatic nitrogens is 2. The van der Waals surface area contributed by atoms with Crippen molar-refractivity contribution in [2.75, 3.05) is 5.32 Å². The normalized spacial score (nSPS) is 10.6. The zero-order valence-corrected chi connectivity index (χ0v) is 16.4. The highest BCUT2D eigenvalue weighted by Gasteiger charge is 2.21. The Morgan fingerprint density at radius 3 is 2.46 bits per heavy atom. The van der Waals surface area contributed by atoms with Crippen molar-refractivity contribution >= 4 is 44.9 Å². The smallest absolute Gasteiger partial charge is 0.277 e. The lowest BCUT2D eigenvalue weighted by Gasteiger charge is -2.10. The van der Waals surface area contributed by atoms with Crippen LogP contribution >= 0.6 is 27.5 Å². The van der Waals surface area contributed by atoms with Crippen LogP contribution in [0.3, 0.4) is 0 Å². The van der Waals surface area contributed by atoms with Crippen LogP contribution < -0.4 is 5.32 Å². The lowest BCUT2D eigenvalue weighted by Crippen LogP contribution is -2.16. The van der Waals surface area contributed by atoms with Crippen molar-refractivity contribution in [2.45, 2.75) is 6.92 Å². The third kappa shape index (κ3) is 3.57. The van der Waals surface area contributed by atoms with E-state index in [0.29, 0.717) is 26.3 Å². The topological polar surface area (TPSA) is 64.0 Å². The summed E-state index contributed by atoms with van der Waals surface area (Å²) >= 11 is 9.44. The van der Waals surface area contributed by atoms with Crippen LogP contribution in [0.5, 0.6) is 0 Å². The summed E-state index contributed by atoms with van der Waals surface area (Å²) in [5.74, 6) is -0.635. The van der Waals surface area contributed by atoms with Crippen LogP contribution in [0.4, 0.5) is 5.69 Å². The number of nitrogens with zero attached hydrogens (tertiary/aromatic N) is 2. The monoisotopic (exact) mass is 431 g/mol. The van der Waals surface area contributed by atoms with Crippen molar-refractivity contribution in [1.29, 1.82) is 0 Å². The maximum atomic E-state index is 12.8. The van der Waals surface area contributed by atoms with Crippen molar-refractivity contribution in [2.24, 2.45) is 7.05 Å². The minimum absolute atomic E-state index is 0.223. The first-order valence-corrected chi connectivity index (χ1v) is 8.95. The number of rotatable bonds is 4. The van der Waals surface area contributed by atoms with E-state index in [9.17, 15) is 9.59 Å². The molecule has 0 saturated carbocycles. The number of amides is 1. The van der Waals surface area contributed by atoms with Gasteiger partial charge in [-0.3, -0.25) is 14.3 Å². The second-order valence-corrected chi connectivity index (χ2v) is 6.94. The number of halogens is 2. The summed E-state index contributed by atoms with van der Waals surface area (Å²) in [6, 6.07) is 13.6. The minimum Gasteiger partial charge on any atom is -0.320 e. The number of aryl methyl sites for hydroxylation is 1. The Morgan fingerprint density at radius 2 is 1.85 bits per heavy atom. The molecule has 26 heavy (non-hydrogen) atoms. The van der Waals surface area contributed by atoms with Crippen molar-refractivity contribution in [3.05, 3.63) is 80.5 Å². The first kappa shape index (κ1) is 18.4. The van der Waals surface area contributed by atoms with E-state index in [1.54, 1.807) is 54.2 Å². The molecule has 5 nitrogen and oxygen atoms in total. The summed E-state index contributed by atoms with van der Waals surface area (Å²) in [6.45, 7) is 1.85. The quantitative estimate of drug-likeness (QED) is 0.612. The molecule has 0 radical (unpaired) electrons. The summed E-state index contributed by atoms with van der Waals surface area (Å²) in [5, 5.41) is 7.38. The molecule has 0 aliphatic rings. The number of nitrogens with one attached hydrogen (secondary N) is 1. The molecule has 0 bridgehead atoms. The number of ketones is 1. The fourth-order valence-electron chi connectivity index (χ4n) is 2.47. The summed E-state index contributed by atoms with van der Waals surface area (Å²) < 4.78 is 2.22. The standard InChI is InChI=1S/C19H15BrClN3O2/c1-11-16(20)17(23-24(11)2)19(26)22-15-9-8-13(21)10-14(15)18(25)12-6-4-3-5-7-12/h3-10H,1-2H3,(H,22,26). The molecule has 0 unspecified atom stereocenters. The van der Waals surface area contributed by atoms with E-state index in [-0.39, 0.29) is 11.5 Å². The van der Waals surface area contributed by atoms with Gasteiger partial charge in [-0.2, -0.15) is 5.10 Å². The number of hydrogen-bond donors (Lipinski definition) is 1. The van der Waals surface area contributed by atoms with E-state index < -0.39 is 5.91 Å². The van der Waals surface area contributed by atoms with Crippen molar-refractivity contribution in [3.63, 3.8) is 0 Å². The molecule has 1 heterocycles. The molecule has 1 amide bonds. The molecule has 0 aliphatic heterocycles. The van der Waals surface area contributed by atoms with Crippen LogP contribution in [0.15, 0.2) is 53.0 Å².